The quantitative estimate of drug-likeness (QED) is 0.319. The first kappa shape index (κ1) is 29.0. The zero-order valence-electron chi connectivity index (χ0n) is 25.3. The number of thioether (sulfide) groups is 2. The van der Waals surface area contributed by atoms with Gasteiger partial charge < -0.3 is 47.4 Å². The Hall–Kier alpha value is -2.98. The molecule has 2 unspecified atom stereocenters. The second-order valence-corrected chi connectivity index (χ2v) is 17.1. The number of ether oxygens (including phenoxy) is 10. The molecular weight excluding hydrogens is 705 g/mol. The van der Waals surface area contributed by atoms with Crippen LogP contribution in [0.5, 0.6) is 34.5 Å². The third kappa shape index (κ3) is 4.42. The Labute approximate surface area is 288 Å². The summed E-state index contributed by atoms with van der Waals surface area (Å²) in [5, 5.41) is 0.308. The van der Waals surface area contributed by atoms with Crippen molar-refractivity contribution in [2.75, 3.05) is 66.1 Å². The van der Waals surface area contributed by atoms with Gasteiger partial charge in [0.25, 0.3) is 0 Å². The Morgan fingerprint density at radius 3 is 1.00 bits per heavy atom. The number of fused-ring (bicyclic) bond motifs is 3. The van der Waals surface area contributed by atoms with E-state index in [0.29, 0.717) is 77.6 Å². The van der Waals surface area contributed by atoms with Gasteiger partial charge in [-0.3, -0.25) is 0 Å². The fraction of sp³-hybridized carbons (Fsp3) is 0.438. The van der Waals surface area contributed by atoms with Gasteiger partial charge in [0.05, 0.1) is 47.5 Å². The molecule has 7 aliphatic heterocycles. The molecule has 0 bridgehead atoms. The van der Waals surface area contributed by atoms with E-state index in [0.717, 1.165) is 83.0 Å². The maximum atomic E-state index is 6.38. The first-order chi connectivity index (χ1) is 23.2. The molecule has 3 aromatic rings. The van der Waals surface area contributed by atoms with Gasteiger partial charge in [0.2, 0.25) is 0 Å². The summed E-state index contributed by atoms with van der Waals surface area (Å²) in [6, 6.07) is 0. The van der Waals surface area contributed by atoms with Crippen molar-refractivity contribution in [3.63, 3.8) is 0 Å². The minimum absolute atomic E-state index is 0.154. The van der Waals surface area contributed by atoms with E-state index >= 15 is 0 Å². The Morgan fingerprint density at radius 2 is 0.638 bits per heavy atom. The molecule has 3 aromatic heterocycles. The van der Waals surface area contributed by atoms with Crippen LogP contribution in [0.1, 0.15) is 13.8 Å². The zero-order valence-corrected chi connectivity index (χ0v) is 29.4. The summed E-state index contributed by atoms with van der Waals surface area (Å²) in [6.45, 7) is 9.23. The lowest BCUT2D eigenvalue weighted by molar-refractivity contribution is 0.0714. The molecule has 2 atom stereocenters. The maximum Gasteiger partial charge on any atom is 0.181 e. The molecule has 7 aliphatic rings. The van der Waals surface area contributed by atoms with E-state index in [1.807, 2.05) is 0 Å². The van der Waals surface area contributed by atoms with E-state index in [2.05, 4.69) is 13.8 Å². The van der Waals surface area contributed by atoms with E-state index in [1.54, 1.807) is 57.5 Å². The van der Waals surface area contributed by atoms with Gasteiger partial charge in [-0.25, -0.2) is 0 Å². The van der Waals surface area contributed by atoms with E-state index in [1.165, 1.54) is 0 Å². The minimum atomic E-state index is 0.154. The highest BCUT2D eigenvalue weighted by molar-refractivity contribution is 8.09. The zero-order chi connectivity index (χ0) is 31.2. The molecule has 0 aromatic carbocycles. The van der Waals surface area contributed by atoms with E-state index in [9.17, 15) is 0 Å². The van der Waals surface area contributed by atoms with E-state index < -0.39 is 0 Å². The van der Waals surface area contributed by atoms with Gasteiger partial charge in [-0.05, 0) is 13.8 Å². The number of thiophene rings is 3. The predicted octanol–water partition coefficient (Wildman–Crippen LogP) is 4.76. The second-order valence-electron chi connectivity index (χ2n) is 11.3. The fourth-order valence-corrected chi connectivity index (χ4v) is 12.9. The lowest BCUT2D eigenvalue weighted by atomic mass is 10.3. The van der Waals surface area contributed by atoms with E-state index in [-0.39, 0.29) is 10.5 Å². The van der Waals surface area contributed by atoms with Crippen molar-refractivity contribution >= 4 is 67.3 Å². The summed E-state index contributed by atoms with van der Waals surface area (Å²) in [4.78, 5) is 2.05. The Kier molecular flexibility index (Phi) is 6.96. The van der Waals surface area contributed by atoms with Crippen molar-refractivity contribution in [2.45, 2.75) is 24.3 Å². The molecule has 0 amide bonds. The first-order valence-corrected chi connectivity index (χ1v) is 19.7. The van der Waals surface area contributed by atoms with Gasteiger partial charge in [-0.2, -0.15) is 0 Å². The lowest BCUT2D eigenvalue weighted by Crippen LogP contribution is -2.19. The van der Waals surface area contributed by atoms with Gasteiger partial charge in [-0.1, -0.05) is 0 Å². The second kappa shape index (κ2) is 11.3. The highest BCUT2D eigenvalue weighted by Crippen LogP contribution is 2.50. The molecule has 10 nitrogen and oxygen atoms in total. The molecule has 47 heavy (non-hydrogen) atoms. The smallest absolute Gasteiger partial charge is 0.181 e. The van der Waals surface area contributed by atoms with Crippen molar-refractivity contribution < 1.29 is 47.4 Å². The Morgan fingerprint density at radius 1 is 0.362 bits per heavy atom. The summed E-state index contributed by atoms with van der Waals surface area (Å²) in [7, 11) is 0. The Balaban J connectivity index is 1.30. The summed E-state index contributed by atoms with van der Waals surface area (Å²) in [5.74, 6) is 7.75. The molecule has 0 aliphatic carbocycles. The minimum Gasteiger partial charge on any atom is -0.489 e. The third-order valence-corrected chi connectivity index (χ3v) is 14.8. The van der Waals surface area contributed by atoms with Crippen LogP contribution in [0.2, 0.25) is 0 Å². The van der Waals surface area contributed by atoms with Crippen molar-refractivity contribution in [3.05, 3.63) is 50.2 Å². The van der Waals surface area contributed by atoms with Crippen LogP contribution in [-0.2, 0) is 18.9 Å². The molecule has 0 saturated carbocycles. The standard InChI is InChI=1S/C32H28O10S5/c1-13-15-17(35-5-3-33-15)25(43-13)27-19-21(39-9-7-37-19)29(45-27)31-23-24(42-12-11-41-23)32(47-31)30-22-20(38-8-10-40-22)28(46-30)26-18-16(14(2)44-26)34-4-6-36-18/h13-14H,3-12H2,1-2H3/b27-25+,28-26+,31-29+,32-30+. The lowest BCUT2D eigenvalue weighted by Gasteiger charge is -2.18. The highest BCUT2D eigenvalue weighted by Gasteiger charge is 2.37. The molecule has 10 heterocycles. The number of hydrogen-bond acceptors (Lipinski definition) is 15. The van der Waals surface area contributed by atoms with Crippen molar-refractivity contribution in [1.82, 2.24) is 0 Å². The predicted molar refractivity (Wildman–Crippen MR) is 179 cm³/mol. The SMILES string of the molecule is CC1S/C(=c2/s/c(=c3/s/c(=c4/s/c(=C5/SC(C)C6=C5OCCO6)c5c4OCCO5)c4c3OCCO4)c3c2OCCO3)C2=C1OCCO2. The van der Waals surface area contributed by atoms with Crippen molar-refractivity contribution in [1.29, 1.82) is 0 Å². The van der Waals surface area contributed by atoms with Crippen LogP contribution in [0.25, 0.3) is 9.81 Å². The van der Waals surface area contributed by atoms with Crippen LogP contribution in [0.4, 0.5) is 0 Å². The normalized spacial score (nSPS) is 27.8. The number of rotatable bonds is 0. The molecule has 246 valence electrons. The van der Waals surface area contributed by atoms with Gasteiger partial charge >= 0.3 is 0 Å². The van der Waals surface area contributed by atoms with Crippen molar-refractivity contribution in [3.8, 4) is 34.5 Å². The largest absolute Gasteiger partial charge is 0.489 e. The van der Waals surface area contributed by atoms with Crippen LogP contribution < -0.4 is 37.5 Å². The summed E-state index contributed by atoms with van der Waals surface area (Å²) in [5.41, 5.74) is 0. The van der Waals surface area contributed by atoms with Crippen LogP contribution in [-0.4, -0.2) is 76.6 Å². The van der Waals surface area contributed by atoms with Gasteiger partial charge in [0.15, 0.2) is 57.5 Å². The van der Waals surface area contributed by atoms with Crippen LogP contribution in [0.15, 0.2) is 23.0 Å². The monoisotopic (exact) mass is 732 g/mol. The molecular formula is C32H28O10S5. The first-order valence-electron chi connectivity index (χ1n) is 15.5. The fourth-order valence-electron chi connectivity index (χ4n) is 6.45. The van der Waals surface area contributed by atoms with Gasteiger partial charge in [-0.15, -0.1) is 57.5 Å². The maximum absolute atomic E-state index is 6.38. The third-order valence-electron chi connectivity index (χ3n) is 8.38. The average Bonchev–Trinajstić information content (AvgIpc) is 3.92. The molecule has 0 radical (unpaired) electrons. The molecule has 0 spiro atoms. The van der Waals surface area contributed by atoms with Crippen LogP contribution >= 0.6 is 57.5 Å². The Bertz CT molecular complexity index is 2080. The topological polar surface area (TPSA) is 92.3 Å². The molecule has 10 rings (SSSR count). The molecule has 0 saturated heterocycles. The van der Waals surface area contributed by atoms with Crippen molar-refractivity contribution in [2.24, 2.45) is 0 Å². The molecule has 15 heteroatoms. The van der Waals surface area contributed by atoms with E-state index in [4.69, 9.17) is 47.4 Å². The number of hydrogen-bond donors (Lipinski definition) is 0. The van der Waals surface area contributed by atoms with Crippen LogP contribution in [0.3, 0.4) is 0 Å². The highest BCUT2D eigenvalue weighted by atomic mass is 32.2. The summed E-state index contributed by atoms with van der Waals surface area (Å²) >= 11 is 8.35. The summed E-state index contributed by atoms with van der Waals surface area (Å²) in [6.07, 6.45) is 0. The van der Waals surface area contributed by atoms with Crippen LogP contribution in [0, 0.1) is 18.1 Å². The average molecular weight is 733 g/mol. The molecule has 0 N–H and O–H groups in total. The molecule has 0 fully saturated rings. The van der Waals surface area contributed by atoms with Gasteiger partial charge in [0.1, 0.15) is 66.1 Å². The summed E-state index contributed by atoms with van der Waals surface area (Å²) < 4.78 is 68.1. The van der Waals surface area contributed by atoms with Gasteiger partial charge in [0, 0.05) is 0 Å².